The Morgan fingerprint density at radius 3 is 1.26 bits per heavy atom. The number of nitrogens with zero attached hydrogens (tertiary/aromatic N) is 2. The van der Waals surface area contributed by atoms with Gasteiger partial charge in [-0.2, -0.15) is 0 Å². The summed E-state index contributed by atoms with van der Waals surface area (Å²) in [4.78, 5) is 26.0. The molecule has 4 aromatic rings. The van der Waals surface area contributed by atoms with Gasteiger partial charge in [-0.3, -0.25) is 18.2 Å². The molecule has 4 rings (SSSR count). The summed E-state index contributed by atoms with van der Waals surface area (Å²) in [5.41, 5.74) is 1.68. The molecule has 2 amide bonds. The first-order chi connectivity index (χ1) is 21.8. The van der Waals surface area contributed by atoms with Crippen LogP contribution in [0.15, 0.2) is 107 Å². The lowest BCUT2D eigenvalue weighted by atomic mass is 10.2. The molecule has 2 N–H and O–H groups in total. The van der Waals surface area contributed by atoms with Crippen LogP contribution in [0.4, 0.5) is 11.4 Å². The zero-order valence-corrected chi connectivity index (χ0v) is 28.1. The summed E-state index contributed by atoms with van der Waals surface area (Å²) in [5, 5.41) is 6.07. The number of carbonyl (C=O) groups excluding carboxylic acids is 2. The summed E-state index contributed by atoms with van der Waals surface area (Å²) >= 11 is 12.2. The molecule has 0 radical (unpaired) electrons. The third kappa shape index (κ3) is 8.38. The van der Waals surface area contributed by atoms with E-state index in [-0.39, 0.29) is 34.3 Å². The van der Waals surface area contributed by atoms with Gasteiger partial charge in [-0.1, -0.05) is 59.6 Å². The minimum absolute atomic E-state index is 0.00958. The Bertz CT molecular complexity index is 1790. The molecule has 0 fully saturated rings. The Hall–Kier alpha value is -4.10. The van der Waals surface area contributed by atoms with Crippen molar-refractivity contribution in [1.82, 2.24) is 10.6 Å². The molecule has 0 spiro atoms. The maximum atomic E-state index is 13.6. The molecule has 0 saturated carbocycles. The van der Waals surface area contributed by atoms with E-state index in [0.29, 0.717) is 21.2 Å². The van der Waals surface area contributed by atoms with Gasteiger partial charge in [0.05, 0.1) is 21.2 Å². The zero-order chi connectivity index (χ0) is 33.5. The average molecular weight is 704 g/mol. The molecule has 0 unspecified atom stereocenters. The second-order valence-electron chi connectivity index (χ2n) is 10.2. The molecule has 0 aliphatic heterocycles. The first-order valence-electron chi connectivity index (χ1n) is 14.0. The maximum absolute atomic E-state index is 13.6. The number of sulfonamides is 2. The van der Waals surface area contributed by atoms with E-state index >= 15 is 0 Å². The monoisotopic (exact) mass is 702 g/mol. The van der Waals surface area contributed by atoms with Gasteiger partial charge in [0.1, 0.15) is 13.1 Å². The van der Waals surface area contributed by atoms with Crippen molar-refractivity contribution in [1.29, 1.82) is 0 Å². The number of anilines is 2. The molecule has 4 aromatic carbocycles. The second-order valence-corrected chi connectivity index (χ2v) is 14.8. The van der Waals surface area contributed by atoms with Gasteiger partial charge in [0.15, 0.2) is 0 Å². The van der Waals surface area contributed by atoms with Crippen molar-refractivity contribution in [3.63, 3.8) is 0 Å². The van der Waals surface area contributed by atoms with Crippen LogP contribution in [-0.4, -0.2) is 54.8 Å². The predicted molar refractivity (Wildman–Crippen MR) is 180 cm³/mol. The SMILES string of the molecule is Cc1cc(Cl)ccc1N(CC(=O)NCCNC(=O)CN(c1ccc(Cl)cc1C)S(=O)(=O)c1ccccc1)S(=O)(=O)c1ccccc1. The van der Waals surface area contributed by atoms with E-state index in [0.717, 1.165) is 8.61 Å². The van der Waals surface area contributed by atoms with Gasteiger partial charge in [0.25, 0.3) is 20.0 Å². The Labute approximate surface area is 279 Å². The van der Waals surface area contributed by atoms with Gasteiger partial charge in [-0.25, -0.2) is 16.8 Å². The van der Waals surface area contributed by atoms with Crippen LogP contribution >= 0.6 is 23.2 Å². The standard InChI is InChI=1S/C32H32Cl2N4O6S2/c1-23-19-25(33)13-15-29(23)37(45(41,42)27-9-5-3-6-10-27)21-31(39)35-17-18-36-32(40)22-38(30-16-14-26(34)20-24(30)2)46(43,44)28-11-7-4-8-12-28/h3-16,19-20H,17-18,21-22H2,1-2H3,(H,35,39)(H,36,40). The van der Waals surface area contributed by atoms with Gasteiger partial charge in [0.2, 0.25) is 11.8 Å². The van der Waals surface area contributed by atoms with Crippen molar-refractivity contribution >= 4 is 66.4 Å². The highest BCUT2D eigenvalue weighted by atomic mass is 35.5. The molecule has 0 aliphatic rings. The minimum atomic E-state index is -4.12. The molecule has 0 aliphatic carbocycles. The largest absolute Gasteiger partial charge is 0.353 e. The number of hydrogen-bond acceptors (Lipinski definition) is 6. The first kappa shape index (κ1) is 34.8. The van der Waals surface area contributed by atoms with Crippen LogP contribution in [0.1, 0.15) is 11.1 Å². The highest BCUT2D eigenvalue weighted by molar-refractivity contribution is 7.93. The van der Waals surface area contributed by atoms with Crippen LogP contribution in [0.3, 0.4) is 0 Å². The lowest BCUT2D eigenvalue weighted by Crippen LogP contribution is -2.45. The fraction of sp³-hybridized carbons (Fsp3) is 0.188. The molecular weight excluding hydrogens is 671 g/mol. The fourth-order valence-electron chi connectivity index (χ4n) is 4.61. The molecule has 0 saturated heterocycles. The Balaban J connectivity index is 1.43. The van der Waals surface area contributed by atoms with E-state index in [2.05, 4.69) is 10.6 Å². The van der Waals surface area contributed by atoms with Crippen molar-refractivity contribution in [3.8, 4) is 0 Å². The van der Waals surface area contributed by atoms with Crippen LogP contribution in [0.5, 0.6) is 0 Å². The number of aryl methyl sites for hydroxylation is 2. The van der Waals surface area contributed by atoms with E-state index in [1.807, 2.05) is 0 Å². The Kier molecular flexibility index (Phi) is 11.3. The van der Waals surface area contributed by atoms with Gasteiger partial charge in [-0.05, 0) is 85.6 Å². The van der Waals surface area contributed by atoms with Crippen LogP contribution < -0.4 is 19.2 Å². The number of amides is 2. The summed E-state index contributed by atoms with van der Waals surface area (Å²) in [5.74, 6) is -1.23. The molecule has 0 atom stereocenters. The Morgan fingerprint density at radius 1 is 0.587 bits per heavy atom. The highest BCUT2D eigenvalue weighted by Crippen LogP contribution is 2.30. The first-order valence-corrected chi connectivity index (χ1v) is 17.7. The predicted octanol–water partition coefficient (Wildman–Crippen LogP) is 4.93. The molecular formula is C32H32Cl2N4O6S2. The van der Waals surface area contributed by atoms with Gasteiger partial charge < -0.3 is 10.6 Å². The van der Waals surface area contributed by atoms with E-state index in [4.69, 9.17) is 23.2 Å². The van der Waals surface area contributed by atoms with Crippen LogP contribution in [-0.2, 0) is 29.6 Å². The van der Waals surface area contributed by atoms with E-state index in [1.54, 1.807) is 62.4 Å². The van der Waals surface area contributed by atoms with Gasteiger partial charge in [0, 0.05) is 23.1 Å². The third-order valence-corrected chi connectivity index (χ3v) is 10.9. The van der Waals surface area contributed by atoms with Crippen molar-refractivity contribution in [2.45, 2.75) is 23.6 Å². The molecule has 14 heteroatoms. The number of carbonyl (C=O) groups is 2. The van der Waals surface area contributed by atoms with Gasteiger partial charge in [-0.15, -0.1) is 0 Å². The average Bonchev–Trinajstić information content (AvgIpc) is 3.02. The molecule has 242 valence electrons. The number of halogens is 2. The summed E-state index contributed by atoms with van der Waals surface area (Å²) in [7, 11) is -8.25. The second kappa shape index (κ2) is 15.0. The lowest BCUT2D eigenvalue weighted by molar-refractivity contribution is -0.121. The molecule has 0 heterocycles. The number of benzene rings is 4. The molecule has 46 heavy (non-hydrogen) atoms. The van der Waals surface area contributed by atoms with Crippen molar-refractivity contribution < 1.29 is 26.4 Å². The number of hydrogen-bond donors (Lipinski definition) is 2. The highest BCUT2D eigenvalue weighted by Gasteiger charge is 2.29. The van der Waals surface area contributed by atoms with E-state index < -0.39 is 45.0 Å². The van der Waals surface area contributed by atoms with Crippen LogP contribution in [0.2, 0.25) is 10.0 Å². The molecule has 10 nitrogen and oxygen atoms in total. The fourth-order valence-corrected chi connectivity index (χ4v) is 8.08. The third-order valence-electron chi connectivity index (χ3n) is 6.86. The zero-order valence-electron chi connectivity index (χ0n) is 25.0. The van der Waals surface area contributed by atoms with Crippen molar-refractivity contribution in [2.24, 2.45) is 0 Å². The van der Waals surface area contributed by atoms with Gasteiger partial charge >= 0.3 is 0 Å². The normalized spacial score (nSPS) is 11.5. The summed E-state index contributed by atoms with van der Waals surface area (Å²) < 4.78 is 56.3. The van der Waals surface area contributed by atoms with Crippen LogP contribution in [0, 0.1) is 13.8 Å². The summed E-state index contributed by atoms with van der Waals surface area (Å²) in [6, 6.07) is 24.8. The van der Waals surface area contributed by atoms with E-state index in [1.165, 1.54) is 48.5 Å². The van der Waals surface area contributed by atoms with Crippen molar-refractivity contribution in [2.75, 3.05) is 34.8 Å². The minimum Gasteiger partial charge on any atom is -0.353 e. The van der Waals surface area contributed by atoms with Crippen molar-refractivity contribution in [3.05, 3.63) is 118 Å². The Morgan fingerprint density at radius 2 is 0.935 bits per heavy atom. The molecule has 0 bridgehead atoms. The van der Waals surface area contributed by atoms with E-state index in [9.17, 15) is 26.4 Å². The summed E-state index contributed by atoms with van der Waals surface area (Å²) in [6.07, 6.45) is 0. The van der Waals surface area contributed by atoms with Crippen LogP contribution in [0.25, 0.3) is 0 Å². The number of rotatable bonds is 13. The quantitative estimate of drug-likeness (QED) is 0.190. The smallest absolute Gasteiger partial charge is 0.264 e. The summed E-state index contributed by atoms with van der Waals surface area (Å²) in [6.45, 7) is 2.22. The number of nitrogens with one attached hydrogen (secondary N) is 2. The molecule has 0 aromatic heterocycles. The lowest BCUT2D eigenvalue weighted by Gasteiger charge is -2.26. The topological polar surface area (TPSA) is 133 Å². The maximum Gasteiger partial charge on any atom is 0.264 e.